The number of carbonyl (C=O) groups is 1. The maximum Gasteiger partial charge on any atom is 0.223 e. The van der Waals surface area contributed by atoms with Gasteiger partial charge < -0.3 is 19.7 Å². The van der Waals surface area contributed by atoms with Crippen LogP contribution in [0.5, 0.6) is 0 Å². The van der Waals surface area contributed by atoms with E-state index >= 15 is 0 Å². The van der Waals surface area contributed by atoms with E-state index in [-0.39, 0.29) is 17.9 Å². The van der Waals surface area contributed by atoms with Gasteiger partial charge in [-0.3, -0.25) is 9.48 Å². The smallest absolute Gasteiger partial charge is 0.223 e. The van der Waals surface area contributed by atoms with E-state index in [2.05, 4.69) is 28.6 Å². The molecule has 3 rings (SSSR count). The Morgan fingerprint density at radius 2 is 2.25 bits per heavy atom. The van der Waals surface area contributed by atoms with Crippen LogP contribution >= 0.6 is 0 Å². The summed E-state index contributed by atoms with van der Waals surface area (Å²) in [6.07, 6.45) is 4.67. The average Bonchev–Trinajstić information content (AvgIpc) is 3.02. The van der Waals surface area contributed by atoms with Crippen molar-refractivity contribution in [3.8, 4) is 0 Å². The van der Waals surface area contributed by atoms with Crippen LogP contribution in [0.4, 0.5) is 0 Å². The first-order valence-electron chi connectivity index (χ1n) is 8.80. The molecule has 1 N–H and O–H groups in total. The Bertz CT molecular complexity index is 552. The first kappa shape index (κ1) is 17.4. The molecule has 1 aromatic rings. The highest BCUT2D eigenvalue weighted by Gasteiger charge is 2.27. The van der Waals surface area contributed by atoms with Crippen LogP contribution in [0.3, 0.4) is 0 Å². The molecule has 0 aromatic carbocycles. The zero-order valence-corrected chi connectivity index (χ0v) is 14.7. The molecule has 2 aliphatic rings. The lowest BCUT2D eigenvalue weighted by molar-refractivity contribution is -0.127. The van der Waals surface area contributed by atoms with Crippen molar-refractivity contribution in [1.82, 2.24) is 20.0 Å². The van der Waals surface area contributed by atoms with Crippen LogP contribution in [0.2, 0.25) is 0 Å². The Labute approximate surface area is 143 Å². The third-order valence-electron chi connectivity index (χ3n) is 4.94. The number of amides is 1. The van der Waals surface area contributed by atoms with Crippen LogP contribution in [0.1, 0.15) is 30.2 Å². The molecule has 1 saturated heterocycles. The normalized spacial score (nSPS) is 22.3. The van der Waals surface area contributed by atoms with Gasteiger partial charge in [0.05, 0.1) is 25.5 Å². The highest BCUT2D eigenvalue weighted by Crippen LogP contribution is 2.25. The third kappa shape index (κ3) is 4.15. The molecular formula is C17H28N4O3. The number of rotatable bonds is 6. The standard InChI is InChI=1S/C17H28N4O3/c1-20-6-3-13(4-7-20)17(22)18-11-15-16-14(5-9-24-15)12-21(19-16)8-10-23-2/h12-13,15H,3-11H2,1-2H3,(H,18,22)/t15-/m1/s1. The number of methoxy groups -OCH3 is 1. The largest absolute Gasteiger partial charge is 0.383 e. The molecule has 134 valence electrons. The van der Waals surface area contributed by atoms with E-state index in [4.69, 9.17) is 9.47 Å². The first-order chi connectivity index (χ1) is 11.7. The summed E-state index contributed by atoms with van der Waals surface area (Å²) in [5.74, 6) is 0.279. The van der Waals surface area contributed by atoms with Crippen LogP contribution in [-0.2, 0) is 27.2 Å². The van der Waals surface area contributed by atoms with Crippen molar-refractivity contribution in [1.29, 1.82) is 0 Å². The number of ether oxygens (including phenoxy) is 2. The number of fused-ring (bicyclic) bond motifs is 1. The van der Waals surface area contributed by atoms with Crippen LogP contribution in [0.25, 0.3) is 0 Å². The lowest BCUT2D eigenvalue weighted by atomic mass is 9.96. The first-order valence-corrected chi connectivity index (χ1v) is 8.80. The number of nitrogens with zero attached hydrogens (tertiary/aromatic N) is 3. The molecule has 0 spiro atoms. The van der Waals surface area contributed by atoms with Crippen LogP contribution in [-0.4, -0.2) is 67.6 Å². The van der Waals surface area contributed by atoms with E-state index in [1.165, 1.54) is 5.56 Å². The fourth-order valence-corrected chi connectivity index (χ4v) is 3.39. The predicted molar refractivity (Wildman–Crippen MR) is 89.7 cm³/mol. The molecule has 0 aliphatic carbocycles. The van der Waals surface area contributed by atoms with Gasteiger partial charge in [0, 0.05) is 25.8 Å². The summed E-state index contributed by atoms with van der Waals surface area (Å²) in [4.78, 5) is 14.6. The van der Waals surface area contributed by atoms with Crippen molar-refractivity contribution >= 4 is 5.91 Å². The molecule has 2 aliphatic heterocycles. The fraction of sp³-hybridized carbons (Fsp3) is 0.765. The number of hydrogen-bond acceptors (Lipinski definition) is 5. The van der Waals surface area contributed by atoms with Crippen molar-refractivity contribution < 1.29 is 14.3 Å². The van der Waals surface area contributed by atoms with Gasteiger partial charge in [-0.1, -0.05) is 0 Å². The van der Waals surface area contributed by atoms with E-state index in [0.29, 0.717) is 19.8 Å². The molecule has 1 fully saturated rings. The number of nitrogens with one attached hydrogen (secondary N) is 1. The topological polar surface area (TPSA) is 68.6 Å². The Morgan fingerprint density at radius 3 is 3.00 bits per heavy atom. The number of likely N-dealkylation sites (tertiary alicyclic amines) is 1. The van der Waals surface area contributed by atoms with Crippen LogP contribution in [0, 0.1) is 5.92 Å². The second kappa shape index (κ2) is 8.09. The quantitative estimate of drug-likeness (QED) is 0.824. The lowest BCUT2D eigenvalue weighted by Crippen LogP contribution is -2.40. The van der Waals surface area contributed by atoms with Gasteiger partial charge in [-0.25, -0.2) is 0 Å². The molecule has 3 heterocycles. The SMILES string of the molecule is COCCn1cc2c(n1)[C@@H](CNC(=O)C1CCN(C)CC1)OCC2. The summed E-state index contributed by atoms with van der Waals surface area (Å²) in [5, 5.41) is 7.70. The maximum absolute atomic E-state index is 12.4. The summed E-state index contributed by atoms with van der Waals surface area (Å²) in [6, 6.07) is 0. The van der Waals surface area contributed by atoms with Crippen molar-refractivity contribution in [3.63, 3.8) is 0 Å². The van der Waals surface area contributed by atoms with Gasteiger partial charge in [-0.15, -0.1) is 0 Å². The lowest BCUT2D eigenvalue weighted by Gasteiger charge is -2.29. The molecule has 24 heavy (non-hydrogen) atoms. The zero-order chi connectivity index (χ0) is 16.9. The third-order valence-corrected chi connectivity index (χ3v) is 4.94. The number of carbonyl (C=O) groups excluding carboxylic acids is 1. The average molecular weight is 336 g/mol. The van der Waals surface area contributed by atoms with Crippen molar-refractivity contribution in [2.24, 2.45) is 5.92 Å². The number of piperidine rings is 1. The minimum Gasteiger partial charge on any atom is -0.383 e. The van der Waals surface area contributed by atoms with Gasteiger partial charge in [0.25, 0.3) is 0 Å². The number of hydrogen-bond donors (Lipinski definition) is 1. The molecule has 0 saturated carbocycles. The Balaban J connectivity index is 1.55. The van der Waals surface area contributed by atoms with Gasteiger partial charge in [-0.05, 0) is 45.0 Å². The zero-order valence-electron chi connectivity index (χ0n) is 14.7. The molecule has 1 amide bonds. The summed E-state index contributed by atoms with van der Waals surface area (Å²) in [7, 11) is 3.79. The van der Waals surface area contributed by atoms with Crippen LogP contribution in [0.15, 0.2) is 6.20 Å². The Hall–Kier alpha value is -1.44. The molecule has 1 atom stereocenters. The second-order valence-electron chi connectivity index (χ2n) is 6.73. The van der Waals surface area contributed by atoms with Gasteiger partial charge >= 0.3 is 0 Å². The molecule has 1 aromatic heterocycles. The van der Waals surface area contributed by atoms with E-state index in [9.17, 15) is 4.79 Å². The number of aromatic nitrogens is 2. The monoisotopic (exact) mass is 336 g/mol. The Kier molecular flexibility index (Phi) is 5.86. The highest BCUT2D eigenvalue weighted by molar-refractivity contribution is 5.78. The summed E-state index contributed by atoms with van der Waals surface area (Å²) < 4.78 is 12.9. The van der Waals surface area contributed by atoms with Gasteiger partial charge in [-0.2, -0.15) is 5.10 Å². The maximum atomic E-state index is 12.4. The van der Waals surface area contributed by atoms with Crippen molar-refractivity contribution in [3.05, 3.63) is 17.5 Å². The van der Waals surface area contributed by atoms with Crippen molar-refractivity contribution in [2.45, 2.75) is 31.9 Å². The van der Waals surface area contributed by atoms with E-state index in [1.807, 2.05) is 4.68 Å². The highest BCUT2D eigenvalue weighted by atomic mass is 16.5. The van der Waals surface area contributed by atoms with Gasteiger partial charge in [0.1, 0.15) is 6.10 Å². The van der Waals surface area contributed by atoms with Crippen LogP contribution < -0.4 is 5.32 Å². The van der Waals surface area contributed by atoms with Crippen molar-refractivity contribution in [2.75, 3.05) is 47.0 Å². The van der Waals surface area contributed by atoms with E-state index < -0.39 is 0 Å². The summed E-state index contributed by atoms with van der Waals surface area (Å²) in [6.45, 7) is 4.53. The molecule has 7 nitrogen and oxygen atoms in total. The van der Waals surface area contributed by atoms with Gasteiger partial charge in [0.2, 0.25) is 5.91 Å². The summed E-state index contributed by atoms with van der Waals surface area (Å²) in [5.41, 5.74) is 2.18. The minimum absolute atomic E-state index is 0.128. The van der Waals surface area contributed by atoms with E-state index in [1.54, 1.807) is 7.11 Å². The predicted octanol–water partition coefficient (Wildman–Crippen LogP) is 0.601. The minimum atomic E-state index is -0.146. The fourth-order valence-electron chi connectivity index (χ4n) is 3.39. The molecule has 0 radical (unpaired) electrons. The van der Waals surface area contributed by atoms with E-state index in [0.717, 1.165) is 44.6 Å². The second-order valence-corrected chi connectivity index (χ2v) is 6.73. The summed E-state index contributed by atoms with van der Waals surface area (Å²) >= 11 is 0. The molecule has 0 unspecified atom stereocenters. The molecule has 7 heteroatoms. The van der Waals surface area contributed by atoms with Gasteiger partial charge in [0.15, 0.2) is 0 Å². The molecular weight excluding hydrogens is 308 g/mol. The molecule has 0 bridgehead atoms. The Morgan fingerprint density at radius 1 is 1.46 bits per heavy atom.